The van der Waals surface area contributed by atoms with E-state index >= 15 is 0 Å². The number of hydrogen-bond donors (Lipinski definition) is 1. The third-order valence-corrected chi connectivity index (χ3v) is 1.60. The summed E-state index contributed by atoms with van der Waals surface area (Å²) in [7, 11) is 1.66. The van der Waals surface area contributed by atoms with Crippen molar-refractivity contribution in [1.82, 2.24) is 15.1 Å². The van der Waals surface area contributed by atoms with Crippen molar-refractivity contribution in [3.8, 4) is 11.5 Å². The number of anilines is 1. The Morgan fingerprint density at radius 2 is 2.29 bits per heavy atom. The van der Waals surface area contributed by atoms with Gasteiger partial charge in [-0.3, -0.25) is 0 Å². The smallest absolute Gasteiger partial charge is 0.321 e. The summed E-state index contributed by atoms with van der Waals surface area (Å²) in [4.78, 5) is 7.76. The van der Waals surface area contributed by atoms with Gasteiger partial charge in [0.2, 0.25) is 5.82 Å². The van der Waals surface area contributed by atoms with E-state index in [1.807, 2.05) is 0 Å². The molecule has 0 aliphatic rings. The lowest BCUT2D eigenvalue weighted by Gasteiger charge is -1.91. The first kappa shape index (κ1) is 8.61. The molecule has 2 aromatic rings. The third-order valence-electron chi connectivity index (χ3n) is 1.60. The van der Waals surface area contributed by atoms with E-state index in [0.29, 0.717) is 17.5 Å². The second-order valence-corrected chi connectivity index (χ2v) is 2.53. The van der Waals surface area contributed by atoms with Crippen LogP contribution in [0.3, 0.4) is 0 Å². The molecule has 0 radical (unpaired) electrons. The Hall–Kier alpha value is -1.98. The molecular formula is C8H7FN4O. The van der Waals surface area contributed by atoms with Gasteiger partial charge in [0.05, 0.1) is 6.20 Å². The van der Waals surface area contributed by atoms with Crippen molar-refractivity contribution in [1.29, 1.82) is 0 Å². The molecule has 2 aromatic heterocycles. The summed E-state index contributed by atoms with van der Waals surface area (Å²) in [5.41, 5.74) is 0.469. The Labute approximate surface area is 79.0 Å². The van der Waals surface area contributed by atoms with Crippen molar-refractivity contribution < 1.29 is 8.91 Å². The van der Waals surface area contributed by atoms with Gasteiger partial charge in [-0.25, -0.2) is 9.37 Å². The predicted molar refractivity (Wildman–Crippen MR) is 47.0 cm³/mol. The minimum absolute atomic E-state index is 0.297. The zero-order valence-electron chi connectivity index (χ0n) is 7.36. The van der Waals surface area contributed by atoms with E-state index in [4.69, 9.17) is 4.52 Å². The normalized spacial score (nSPS) is 10.1. The number of nitrogens with zero attached hydrogens (tertiary/aromatic N) is 3. The number of aromatic nitrogens is 3. The van der Waals surface area contributed by atoms with Crippen LogP contribution in [0.1, 0.15) is 0 Å². The molecule has 0 unspecified atom stereocenters. The monoisotopic (exact) mass is 194 g/mol. The first-order chi connectivity index (χ1) is 6.79. The SMILES string of the molecule is CNc1nc(-c2ccc(F)cn2)no1. The highest BCUT2D eigenvalue weighted by Crippen LogP contribution is 2.14. The van der Waals surface area contributed by atoms with E-state index in [2.05, 4.69) is 20.4 Å². The molecule has 14 heavy (non-hydrogen) atoms. The van der Waals surface area contributed by atoms with Crippen LogP contribution >= 0.6 is 0 Å². The van der Waals surface area contributed by atoms with Crippen molar-refractivity contribution in [2.24, 2.45) is 0 Å². The van der Waals surface area contributed by atoms with E-state index in [-0.39, 0.29) is 0 Å². The van der Waals surface area contributed by atoms with E-state index < -0.39 is 5.82 Å². The van der Waals surface area contributed by atoms with Crippen LogP contribution < -0.4 is 5.32 Å². The molecule has 6 heteroatoms. The van der Waals surface area contributed by atoms with Gasteiger partial charge in [-0.2, -0.15) is 4.98 Å². The minimum Gasteiger partial charge on any atom is -0.341 e. The van der Waals surface area contributed by atoms with Gasteiger partial charge in [0, 0.05) is 7.05 Å². The quantitative estimate of drug-likeness (QED) is 0.780. The summed E-state index contributed by atoms with van der Waals surface area (Å²) in [5.74, 6) is -0.0690. The average molecular weight is 194 g/mol. The molecular weight excluding hydrogens is 187 g/mol. The van der Waals surface area contributed by atoms with Crippen LogP contribution in [0.5, 0.6) is 0 Å². The maximum Gasteiger partial charge on any atom is 0.321 e. The molecule has 2 heterocycles. The molecule has 0 aliphatic heterocycles. The molecule has 2 rings (SSSR count). The Morgan fingerprint density at radius 1 is 1.43 bits per heavy atom. The molecule has 0 fully saturated rings. The first-order valence-corrected chi connectivity index (χ1v) is 3.93. The van der Waals surface area contributed by atoms with Crippen LogP contribution in [0.15, 0.2) is 22.9 Å². The van der Waals surface area contributed by atoms with E-state index in [1.54, 1.807) is 7.05 Å². The molecule has 0 aromatic carbocycles. The number of nitrogens with one attached hydrogen (secondary N) is 1. The van der Waals surface area contributed by atoms with Gasteiger partial charge in [-0.15, -0.1) is 0 Å². The van der Waals surface area contributed by atoms with Crippen molar-refractivity contribution in [2.45, 2.75) is 0 Å². The molecule has 0 saturated carbocycles. The number of rotatable bonds is 2. The van der Waals surface area contributed by atoms with Crippen molar-refractivity contribution in [3.05, 3.63) is 24.1 Å². The largest absolute Gasteiger partial charge is 0.341 e. The van der Waals surface area contributed by atoms with Crippen LogP contribution in [-0.4, -0.2) is 22.2 Å². The van der Waals surface area contributed by atoms with Gasteiger partial charge in [-0.05, 0) is 12.1 Å². The van der Waals surface area contributed by atoms with Crippen molar-refractivity contribution in [2.75, 3.05) is 12.4 Å². The van der Waals surface area contributed by atoms with Gasteiger partial charge >= 0.3 is 6.01 Å². The summed E-state index contributed by atoms with van der Waals surface area (Å²) in [6.45, 7) is 0. The maximum atomic E-state index is 12.5. The fourth-order valence-corrected chi connectivity index (χ4v) is 0.937. The summed E-state index contributed by atoms with van der Waals surface area (Å²) in [6, 6.07) is 3.07. The second-order valence-electron chi connectivity index (χ2n) is 2.53. The average Bonchev–Trinajstić information content (AvgIpc) is 2.67. The molecule has 1 N–H and O–H groups in total. The summed E-state index contributed by atoms with van der Waals surface area (Å²) < 4.78 is 17.3. The van der Waals surface area contributed by atoms with Gasteiger partial charge in [0.1, 0.15) is 11.5 Å². The van der Waals surface area contributed by atoms with Crippen molar-refractivity contribution >= 4 is 6.01 Å². The van der Waals surface area contributed by atoms with Gasteiger partial charge in [-0.1, -0.05) is 5.16 Å². The maximum absolute atomic E-state index is 12.5. The van der Waals surface area contributed by atoms with Crippen LogP contribution in [0.2, 0.25) is 0 Å². The molecule has 0 bridgehead atoms. The number of halogens is 1. The lowest BCUT2D eigenvalue weighted by Crippen LogP contribution is -1.88. The second kappa shape index (κ2) is 3.41. The van der Waals surface area contributed by atoms with Crippen LogP contribution in [0.4, 0.5) is 10.4 Å². The molecule has 0 amide bonds. The third kappa shape index (κ3) is 1.54. The predicted octanol–water partition coefficient (Wildman–Crippen LogP) is 1.31. The summed E-state index contributed by atoms with van der Waals surface area (Å²) in [5, 5.41) is 6.34. The Kier molecular flexibility index (Phi) is 2.10. The highest BCUT2D eigenvalue weighted by atomic mass is 19.1. The fourth-order valence-electron chi connectivity index (χ4n) is 0.937. The van der Waals surface area contributed by atoms with Gasteiger partial charge in [0.25, 0.3) is 0 Å². The lowest BCUT2D eigenvalue weighted by atomic mass is 10.3. The highest BCUT2D eigenvalue weighted by molar-refractivity contribution is 5.49. The molecule has 0 saturated heterocycles. The Morgan fingerprint density at radius 3 is 2.86 bits per heavy atom. The summed E-state index contributed by atoms with van der Waals surface area (Å²) in [6.07, 6.45) is 1.10. The van der Waals surface area contributed by atoms with Crippen LogP contribution in [0.25, 0.3) is 11.5 Å². The standard InChI is InChI=1S/C8H7FN4O/c1-10-8-12-7(13-14-8)6-3-2-5(9)4-11-6/h2-4H,1H3,(H,10,12,13). The molecule has 72 valence electrons. The number of hydrogen-bond acceptors (Lipinski definition) is 5. The molecule has 0 atom stereocenters. The minimum atomic E-state index is -0.397. The van der Waals surface area contributed by atoms with Crippen molar-refractivity contribution in [3.63, 3.8) is 0 Å². The molecule has 0 aliphatic carbocycles. The van der Waals surface area contributed by atoms with Crippen LogP contribution in [0, 0.1) is 5.82 Å². The highest BCUT2D eigenvalue weighted by Gasteiger charge is 2.07. The fraction of sp³-hybridized carbons (Fsp3) is 0.125. The first-order valence-electron chi connectivity index (χ1n) is 3.93. The van der Waals surface area contributed by atoms with E-state index in [9.17, 15) is 4.39 Å². The zero-order chi connectivity index (χ0) is 9.97. The van der Waals surface area contributed by atoms with E-state index in [0.717, 1.165) is 6.20 Å². The lowest BCUT2D eigenvalue weighted by molar-refractivity contribution is 0.434. The van der Waals surface area contributed by atoms with Crippen LogP contribution in [-0.2, 0) is 0 Å². The zero-order valence-corrected chi connectivity index (χ0v) is 7.36. The molecule has 0 spiro atoms. The van der Waals surface area contributed by atoms with Gasteiger partial charge in [0.15, 0.2) is 0 Å². The summed E-state index contributed by atoms with van der Waals surface area (Å²) >= 11 is 0. The Bertz CT molecular complexity index is 425. The molecule has 5 nitrogen and oxygen atoms in total. The topological polar surface area (TPSA) is 63.8 Å². The Balaban J connectivity index is 2.34. The van der Waals surface area contributed by atoms with E-state index in [1.165, 1.54) is 12.1 Å². The number of pyridine rings is 1. The van der Waals surface area contributed by atoms with Gasteiger partial charge < -0.3 is 9.84 Å².